The third-order valence-electron chi connectivity index (χ3n) is 13.1. The van der Waals surface area contributed by atoms with E-state index in [1.165, 1.54) is 88.6 Å². The lowest BCUT2D eigenvalue weighted by Crippen LogP contribution is -2.10. The molecule has 0 amide bonds. The second-order valence-corrected chi connectivity index (χ2v) is 16.8. The molecule has 1 aromatic heterocycles. The maximum absolute atomic E-state index is 2.38. The second-order valence-electron chi connectivity index (χ2n) is 16.8. The number of anilines is 3. The molecule has 0 saturated heterocycles. The molecule has 0 unspecified atom stereocenters. The zero-order valence-corrected chi connectivity index (χ0v) is 35.4. The fourth-order valence-electron chi connectivity index (χ4n) is 10.1. The minimum absolute atomic E-state index is 0.845. The van der Waals surface area contributed by atoms with Crippen LogP contribution in [0.5, 0.6) is 0 Å². The molecule has 0 aliphatic heterocycles. The molecule has 0 fully saturated rings. The molecule has 0 bridgehead atoms. The maximum Gasteiger partial charge on any atom is 0.0541 e. The summed E-state index contributed by atoms with van der Waals surface area (Å²) in [7, 11) is 0. The Bertz CT molecular complexity index is 3420. The van der Waals surface area contributed by atoms with E-state index in [-0.39, 0.29) is 0 Å². The first-order valence-corrected chi connectivity index (χ1v) is 22.3. The molecule has 0 N–H and O–H groups in total. The third-order valence-corrected chi connectivity index (χ3v) is 13.1. The lowest BCUT2D eigenvalue weighted by atomic mass is 9.81. The molecular weight excluding hydrogens is 773 g/mol. The largest absolute Gasteiger partial charge is 0.311 e. The minimum atomic E-state index is 0.845. The molecule has 64 heavy (non-hydrogen) atoms. The van der Waals surface area contributed by atoms with Gasteiger partial charge in [-0.2, -0.15) is 0 Å². The first-order chi connectivity index (χ1) is 31.7. The topological polar surface area (TPSA) is 8.17 Å². The number of benzene rings is 10. The monoisotopic (exact) mass is 816 g/mol. The van der Waals surface area contributed by atoms with Crippen molar-refractivity contribution in [2.45, 2.75) is 12.8 Å². The summed E-state index contributed by atoms with van der Waals surface area (Å²) in [6.45, 7) is 0. The van der Waals surface area contributed by atoms with Crippen molar-refractivity contribution in [3.8, 4) is 50.2 Å². The number of nitrogens with zero attached hydrogens (tertiary/aromatic N) is 2. The molecule has 0 saturated carbocycles. The average Bonchev–Trinajstić information content (AvgIpc) is 3.70. The van der Waals surface area contributed by atoms with Crippen molar-refractivity contribution in [3.63, 3.8) is 0 Å². The van der Waals surface area contributed by atoms with Crippen LogP contribution >= 0.6 is 0 Å². The quantitative estimate of drug-likeness (QED) is 0.162. The summed E-state index contributed by atoms with van der Waals surface area (Å²) in [6.07, 6.45) is 1.71. The van der Waals surface area contributed by atoms with Crippen LogP contribution in [-0.4, -0.2) is 4.57 Å². The van der Waals surface area contributed by atoms with E-state index in [0.29, 0.717) is 0 Å². The van der Waals surface area contributed by atoms with Crippen molar-refractivity contribution in [1.29, 1.82) is 0 Å². The van der Waals surface area contributed by atoms with Gasteiger partial charge in [-0.15, -0.1) is 0 Å². The van der Waals surface area contributed by atoms with E-state index in [4.69, 9.17) is 0 Å². The summed E-state index contributed by atoms with van der Waals surface area (Å²) in [5.41, 5.74) is 22.3. The van der Waals surface area contributed by atoms with Gasteiger partial charge < -0.3 is 9.47 Å². The highest BCUT2D eigenvalue weighted by atomic mass is 15.1. The first kappa shape index (κ1) is 37.6. The van der Waals surface area contributed by atoms with Crippen molar-refractivity contribution in [3.05, 3.63) is 265 Å². The molecule has 1 aliphatic carbocycles. The summed E-state index contributed by atoms with van der Waals surface area (Å²) in [4.78, 5) is 2.38. The minimum Gasteiger partial charge on any atom is -0.311 e. The van der Waals surface area contributed by atoms with Crippen LogP contribution in [0.3, 0.4) is 0 Å². The van der Waals surface area contributed by atoms with E-state index in [0.717, 1.165) is 35.6 Å². The highest BCUT2D eigenvalue weighted by Gasteiger charge is 2.22. The maximum atomic E-state index is 2.38. The van der Waals surface area contributed by atoms with Gasteiger partial charge in [-0.1, -0.05) is 182 Å². The number of hydrogen-bond donors (Lipinski definition) is 0. The summed E-state index contributed by atoms with van der Waals surface area (Å²) in [5.74, 6) is 0. The van der Waals surface area contributed by atoms with Crippen LogP contribution in [0.2, 0.25) is 0 Å². The van der Waals surface area contributed by atoms with Crippen LogP contribution < -0.4 is 4.90 Å². The Balaban J connectivity index is 0.970. The lowest BCUT2D eigenvalue weighted by Gasteiger charge is -2.27. The van der Waals surface area contributed by atoms with Crippen molar-refractivity contribution >= 4 is 38.9 Å². The molecule has 11 aromatic rings. The molecule has 0 spiro atoms. The van der Waals surface area contributed by atoms with Crippen LogP contribution in [0.1, 0.15) is 22.3 Å². The number of rotatable bonds is 6. The van der Waals surface area contributed by atoms with Gasteiger partial charge in [0.1, 0.15) is 0 Å². The standard InChI is InChI=1S/C62H44N2/c1-2-15-43(16-3-1)44-29-33-50(34-30-44)63(52-37-39-53(40-38-52)64-60-27-12-10-24-58(60)59-25-11-13-28-61(59)64)51-35-31-45(32-36-51)56-26-14-20-49-42-47-18-5-8-22-55(47)54-21-7-4-17-46(54)41-48-19-6-9-23-57(48)62(49)56/h1-40H,41-42H2. The fraction of sp³-hybridized carbons (Fsp3) is 0.0323. The van der Waals surface area contributed by atoms with Crippen LogP contribution in [-0.2, 0) is 12.8 Å². The SMILES string of the molecule is c1ccc(-c2ccc(N(c3ccc(-c4cccc5c4-c4ccccc4Cc4ccccc4-c4ccccc4C5)cc3)c3ccc(-n4c5ccccc5c5ccccc54)cc3)cc2)cc1. The molecule has 0 atom stereocenters. The molecular formula is C62H44N2. The van der Waals surface area contributed by atoms with Crippen LogP contribution in [0.25, 0.3) is 72.0 Å². The van der Waals surface area contributed by atoms with Crippen molar-refractivity contribution in [2.75, 3.05) is 4.90 Å². The third kappa shape index (κ3) is 6.60. The molecule has 2 nitrogen and oxygen atoms in total. The van der Waals surface area contributed by atoms with Gasteiger partial charge in [-0.25, -0.2) is 0 Å². The van der Waals surface area contributed by atoms with Gasteiger partial charge in [-0.05, 0) is 140 Å². The van der Waals surface area contributed by atoms with E-state index < -0.39 is 0 Å². The van der Waals surface area contributed by atoms with E-state index >= 15 is 0 Å². The first-order valence-electron chi connectivity index (χ1n) is 22.3. The van der Waals surface area contributed by atoms with E-state index in [9.17, 15) is 0 Å². The Kier molecular flexibility index (Phi) is 9.34. The predicted molar refractivity (Wildman–Crippen MR) is 269 cm³/mol. The summed E-state index contributed by atoms with van der Waals surface area (Å²) in [6, 6.07) is 89.0. The predicted octanol–water partition coefficient (Wildman–Crippen LogP) is 16.4. The molecule has 2 heteroatoms. The van der Waals surface area contributed by atoms with E-state index in [1.54, 1.807) is 0 Å². The molecule has 1 aliphatic rings. The Hall–Kier alpha value is -8.20. The zero-order chi connectivity index (χ0) is 42.4. The summed E-state index contributed by atoms with van der Waals surface area (Å²) < 4.78 is 2.38. The number of para-hydroxylation sites is 2. The summed E-state index contributed by atoms with van der Waals surface area (Å²) in [5, 5.41) is 2.52. The average molecular weight is 817 g/mol. The molecule has 0 radical (unpaired) electrons. The number of aromatic nitrogens is 1. The Morgan fingerprint density at radius 1 is 0.281 bits per heavy atom. The second kappa shape index (κ2) is 15.9. The van der Waals surface area contributed by atoms with Gasteiger partial charge in [0.05, 0.1) is 11.0 Å². The Morgan fingerprint density at radius 3 is 1.28 bits per heavy atom. The van der Waals surface area contributed by atoms with Crippen molar-refractivity contribution < 1.29 is 0 Å². The lowest BCUT2D eigenvalue weighted by molar-refractivity contribution is 1.15. The molecule has 1 heterocycles. The smallest absolute Gasteiger partial charge is 0.0541 e. The Morgan fingerprint density at radius 2 is 0.688 bits per heavy atom. The van der Waals surface area contributed by atoms with E-state index in [1.807, 2.05) is 0 Å². The van der Waals surface area contributed by atoms with E-state index in [2.05, 4.69) is 252 Å². The summed E-state index contributed by atoms with van der Waals surface area (Å²) >= 11 is 0. The molecule has 10 aromatic carbocycles. The van der Waals surface area contributed by atoms with Crippen molar-refractivity contribution in [2.24, 2.45) is 0 Å². The molecule has 12 rings (SSSR count). The van der Waals surface area contributed by atoms with Crippen LogP contribution in [0.15, 0.2) is 243 Å². The normalized spacial score (nSPS) is 11.9. The molecule has 302 valence electrons. The van der Waals surface area contributed by atoms with Gasteiger partial charge in [0.15, 0.2) is 0 Å². The van der Waals surface area contributed by atoms with Gasteiger partial charge in [0, 0.05) is 33.5 Å². The highest BCUT2D eigenvalue weighted by Crippen LogP contribution is 2.43. The van der Waals surface area contributed by atoms with Crippen LogP contribution in [0.4, 0.5) is 17.1 Å². The highest BCUT2D eigenvalue weighted by molar-refractivity contribution is 6.09. The zero-order valence-electron chi connectivity index (χ0n) is 35.4. The van der Waals surface area contributed by atoms with Gasteiger partial charge in [0.2, 0.25) is 0 Å². The number of fused-ring (bicyclic) bond motifs is 9. The van der Waals surface area contributed by atoms with Gasteiger partial charge in [0.25, 0.3) is 0 Å². The van der Waals surface area contributed by atoms with Crippen LogP contribution in [0, 0.1) is 0 Å². The van der Waals surface area contributed by atoms with Gasteiger partial charge in [-0.3, -0.25) is 0 Å². The Labute approximate surface area is 374 Å². The number of hydrogen-bond acceptors (Lipinski definition) is 1. The fourth-order valence-corrected chi connectivity index (χ4v) is 10.1. The van der Waals surface area contributed by atoms with Gasteiger partial charge >= 0.3 is 0 Å². The van der Waals surface area contributed by atoms with Crippen molar-refractivity contribution in [1.82, 2.24) is 4.57 Å².